The van der Waals surface area contributed by atoms with Crippen LogP contribution in [-0.2, 0) is 31.9 Å². The van der Waals surface area contributed by atoms with Crippen molar-refractivity contribution in [3.8, 4) is 22.6 Å². The van der Waals surface area contributed by atoms with Crippen molar-refractivity contribution in [2.75, 3.05) is 0 Å². The summed E-state index contributed by atoms with van der Waals surface area (Å²) in [7, 11) is 0. The summed E-state index contributed by atoms with van der Waals surface area (Å²) in [5.41, 5.74) is 9.22. The van der Waals surface area contributed by atoms with Gasteiger partial charge in [0.25, 0.3) is 0 Å². The number of nitrogens with zero attached hydrogens (tertiary/aromatic N) is 4. The molecule has 0 spiro atoms. The molecule has 1 radical (unpaired) electrons. The van der Waals surface area contributed by atoms with E-state index in [1.165, 1.54) is 5.56 Å². The van der Waals surface area contributed by atoms with Gasteiger partial charge in [0, 0.05) is 37.2 Å². The largest absolute Gasteiger partial charge is 0 e. The number of hydrogen-bond acceptors (Lipinski definition) is 4. The topological polar surface area (TPSA) is 56.7 Å². The average Bonchev–Trinajstić information content (AvgIpc) is 3.66. The van der Waals surface area contributed by atoms with Crippen LogP contribution in [-0.4, -0.2) is 32.8 Å². The minimum Gasteiger partial charge on any atom is 0 e. The molecule has 0 bridgehead atoms. The van der Waals surface area contributed by atoms with Gasteiger partial charge in [-0.25, -0.2) is 4.98 Å². The zero-order valence-corrected chi connectivity index (χ0v) is 36.2. The van der Waals surface area contributed by atoms with E-state index in [-0.39, 0.29) is 37.5 Å². The van der Waals surface area contributed by atoms with Crippen molar-refractivity contribution in [3.05, 3.63) is 108 Å². The average molecular weight is 918 g/mol. The van der Waals surface area contributed by atoms with Gasteiger partial charge in [-0.3, -0.25) is 4.98 Å². The van der Waals surface area contributed by atoms with Crippen molar-refractivity contribution in [3.63, 3.8) is 0 Å². The van der Waals surface area contributed by atoms with Crippen molar-refractivity contribution in [1.82, 2.24) is 19.5 Å². The number of furan rings is 1. The smallest absolute Gasteiger partial charge is 0 e. The van der Waals surface area contributed by atoms with Crippen LogP contribution in [0.4, 0.5) is 0 Å². The van der Waals surface area contributed by atoms with Crippen LogP contribution in [0.5, 0.6) is 0 Å². The predicted molar refractivity (Wildman–Crippen MR) is 213 cm³/mol. The zero-order valence-electron chi connectivity index (χ0n) is 33.7. The second-order valence-corrected chi connectivity index (χ2v) is 26.4. The second-order valence-electron chi connectivity index (χ2n) is 15.8. The molecule has 4 heterocycles. The van der Waals surface area contributed by atoms with Gasteiger partial charge in [-0.15, -0.1) is 18.2 Å². The maximum absolute atomic E-state index is 8.70. The van der Waals surface area contributed by atoms with Gasteiger partial charge in [-0.05, 0) is 45.0 Å². The Hall–Kier alpha value is -3.58. The van der Waals surface area contributed by atoms with Crippen LogP contribution in [0.3, 0.4) is 0 Å². The number of aromatic nitrogens is 4. The third kappa shape index (κ3) is 8.24. The summed E-state index contributed by atoms with van der Waals surface area (Å²) in [6, 6.07) is 31.3. The van der Waals surface area contributed by atoms with E-state index in [0.717, 1.165) is 65.7 Å². The number of hydrogen-bond donors (Lipinski definition) is 0. The molecule has 3 aromatic carbocycles. The first-order valence-corrected chi connectivity index (χ1v) is 24.9. The number of rotatable bonds is 6. The third-order valence-corrected chi connectivity index (χ3v) is 13.1. The fourth-order valence-electron chi connectivity index (χ4n) is 6.34. The van der Waals surface area contributed by atoms with Crippen molar-refractivity contribution in [2.45, 2.75) is 90.5 Å². The molecule has 267 valence electrons. The fourth-order valence-corrected chi connectivity index (χ4v) is 9.28. The molecule has 4 aromatic heterocycles. The third-order valence-electron chi connectivity index (χ3n) is 8.87. The van der Waals surface area contributed by atoms with Crippen molar-refractivity contribution in [2.24, 2.45) is 5.92 Å². The van der Waals surface area contributed by atoms with Crippen LogP contribution in [0.25, 0.3) is 55.7 Å². The van der Waals surface area contributed by atoms with Gasteiger partial charge in [-0.1, -0.05) is 23.1 Å². The summed E-state index contributed by atoms with van der Waals surface area (Å²) in [6.45, 7) is 16.8. The number of fused-ring (bicyclic) bond motifs is 4. The van der Waals surface area contributed by atoms with Crippen LogP contribution in [0, 0.1) is 25.0 Å². The molecule has 0 aliphatic rings. The molecule has 51 heavy (non-hydrogen) atoms. The normalized spacial score (nSPS) is 13.0. The summed E-state index contributed by atoms with van der Waals surface area (Å²) in [5.74, 6) is 7.67. The maximum Gasteiger partial charge on any atom is 0 e. The summed E-state index contributed by atoms with van der Waals surface area (Å²) in [5, 5.41) is 2.07. The number of benzene rings is 3. The van der Waals surface area contributed by atoms with Crippen LogP contribution in [0.1, 0.15) is 74.1 Å². The first kappa shape index (κ1) is 35.8. The van der Waals surface area contributed by atoms with E-state index in [0.29, 0.717) is 5.71 Å². The van der Waals surface area contributed by atoms with Gasteiger partial charge in [0.2, 0.25) is 5.71 Å². The molecule has 7 heteroatoms. The maximum atomic E-state index is 8.70. The second kappa shape index (κ2) is 15.2. The molecule has 5 nitrogen and oxygen atoms in total. The van der Waals surface area contributed by atoms with Gasteiger partial charge in [0.1, 0.15) is 0 Å². The van der Waals surface area contributed by atoms with Gasteiger partial charge in [0.15, 0.2) is 0 Å². The van der Waals surface area contributed by atoms with E-state index in [9.17, 15) is 0 Å². The van der Waals surface area contributed by atoms with E-state index in [4.69, 9.17) is 17.1 Å². The molecule has 0 aliphatic heterocycles. The number of imidazole rings is 1. The fraction of sp³-hybridized carbons (Fsp3) is 0.341. The Balaban J connectivity index is 0.000000201. The molecule has 0 N–H and O–H groups in total. The standard InChI is InChI=1S/C22H32GeN.C22H18N3O.Ir/c1-16(2)12-18-14-21(24-15-20(18)23(6,7)8)17-10-9-11-19(13-17)22(3,4)5;1-13(2)25-19-10-5-4-9-18(19)24-21(25)17-8-6-7-15-16-12-11-14(3)23-22(16)26-20(15)17;/h9,11,13-16H,12H2,1-8H3;4-7,9-13H,1-3H3;/q2*-1;/i12D2;;. The molecule has 0 amide bonds. The molecule has 7 aromatic rings. The van der Waals surface area contributed by atoms with Crippen molar-refractivity contribution < 1.29 is 27.3 Å². The summed E-state index contributed by atoms with van der Waals surface area (Å²) < 4.78 is 27.0. The Kier molecular flexibility index (Phi) is 10.7. The number of pyridine rings is 2. The van der Waals surface area contributed by atoms with Gasteiger partial charge >= 0.3 is 154 Å². The Morgan fingerprint density at radius 2 is 1.63 bits per heavy atom. The molecule has 0 aliphatic carbocycles. The summed E-state index contributed by atoms with van der Waals surface area (Å²) in [6.07, 6.45) is 0.565. The molecule has 0 unspecified atom stereocenters. The zero-order chi connectivity index (χ0) is 37.7. The Labute approximate surface area is 322 Å². The molecule has 0 saturated carbocycles. The summed E-state index contributed by atoms with van der Waals surface area (Å²) >= 11 is -2.25. The van der Waals surface area contributed by atoms with Gasteiger partial charge in [0.05, 0.1) is 22.4 Å². The van der Waals surface area contributed by atoms with E-state index in [1.54, 1.807) is 0 Å². The van der Waals surface area contributed by atoms with Crippen LogP contribution in [0.2, 0.25) is 17.3 Å². The van der Waals surface area contributed by atoms with E-state index >= 15 is 0 Å². The Morgan fingerprint density at radius 3 is 2.31 bits per heavy atom. The first-order chi connectivity index (χ1) is 24.4. The van der Waals surface area contributed by atoms with Gasteiger partial charge in [-0.2, -0.15) is 0 Å². The quantitative estimate of drug-likeness (QED) is 0.123. The molecule has 0 fully saturated rings. The first-order valence-electron chi connectivity index (χ1n) is 18.6. The number of aryl methyl sites for hydroxylation is 1. The van der Waals surface area contributed by atoms with Crippen LogP contribution in [0.15, 0.2) is 83.4 Å². The minimum atomic E-state index is -2.25. The van der Waals surface area contributed by atoms with Gasteiger partial charge < -0.3 is 8.98 Å². The van der Waals surface area contributed by atoms with Crippen molar-refractivity contribution in [1.29, 1.82) is 0 Å². The van der Waals surface area contributed by atoms with Crippen LogP contribution >= 0.6 is 0 Å². The number of para-hydroxylation sites is 2. The van der Waals surface area contributed by atoms with E-state index in [1.807, 2.05) is 75.5 Å². The van der Waals surface area contributed by atoms with E-state index in [2.05, 4.69) is 97.8 Å². The SMILES string of the molecule is Cc1ccc2c(n1)oc1c(-c3nc4ccccc4n3C(C)C)[c-]ccc12.[2H]C([2H])(c1cc(-c2[c-]ccc(C(C)(C)C)c2)nc[c]1[Ge]([CH3])([CH3])[CH3])C(C)C.[Ir]. The van der Waals surface area contributed by atoms with Crippen molar-refractivity contribution >= 4 is 50.8 Å². The minimum absolute atomic E-state index is 0. The molecule has 0 atom stereocenters. The predicted octanol–water partition coefficient (Wildman–Crippen LogP) is 11.3. The Bertz CT molecular complexity index is 2400. The van der Waals surface area contributed by atoms with E-state index < -0.39 is 19.6 Å². The molecular weight excluding hydrogens is 865 g/mol. The summed E-state index contributed by atoms with van der Waals surface area (Å²) in [4.78, 5) is 14.2. The monoisotopic (exact) mass is 919 g/mol. The molecular formula is C44H50GeIrN4O-2. The van der Waals surface area contributed by atoms with Crippen LogP contribution < -0.4 is 4.40 Å². The molecule has 7 rings (SSSR count). The Morgan fingerprint density at radius 1 is 0.902 bits per heavy atom. The molecule has 0 saturated heterocycles.